The van der Waals surface area contributed by atoms with Crippen molar-refractivity contribution in [2.24, 2.45) is 0 Å². The molecule has 1 nitrogen and oxygen atoms in total. The van der Waals surface area contributed by atoms with E-state index in [2.05, 4.69) is 0 Å². The summed E-state index contributed by atoms with van der Waals surface area (Å²) in [5.74, 6) is -1.54. The summed E-state index contributed by atoms with van der Waals surface area (Å²) >= 11 is 0. The van der Waals surface area contributed by atoms with E-state index in [1.165, 1.54) is 6.92 Å². The Morgan fingerprint density at radius 1 is 1.13 bits per heavy atom. The molecule has 0 fully saturated rings. The maximum Gasteiger partial charge on any atom is 0.419 e. The monoisotopic (exact) mass is 234 g/mol. The van der Waals surface area contributed by atoms with Gasteiger partial charge in [-0.2, -0.15) is 26.3 Å². The average Bonchev–Trinajstić information content (AvgIpc) is 1.97. The second-order valence-corrected chi connectivity index (χ2v) is 2.77. The number of allylic oxidation sites excluding steroid dienone is 2. The lowest BCUT2D eigenvalue weighted by Crippen LogP contribution is -2.22. The molecule has 0 saturated heterocycles. The lowest BCUT2D eigenvalue weighted by molar-refractivity contribution is -0.133. The van der Waals surface area contributed by atoms with Gasteiger partial charge in [0, 0.05) is 12.5 Å². The Kier molecular flexibility index (Phi) is 4.36. The van der Waals surface area contributed by atoms with Crippen LogP contribution < -0.4 is 0 Å². The fraction of sp³-hybridized carbons (Fsp3) is 0.625. The number of hydrogen-bond acceptors (Lipinski definition) is 1. The van der Waals surface area contributed by atoms with E-state index in [1.54, 1.807) is 0 Å². The fourth-order valence-corrected chi connectivity index (χ4v) is 0.846. The number of carbonyl (C=O) groups is 1. The van der Waals surface area contributed by atoms with Crippen LogP contribution in [0.1, 0.15) is 19.8 Å². The van der Waals surface area contributed by atoms with E-state index in [-0.39, 0.29) is 6.42 Å². The van der Waals surface area contributed by atoms with E-state index in [0.29, 0.717) is 0 Å². The van der Waals surface area contributed by atoms with Crippen LogP contribution in [-0.4, -0.2) is 18.1 Å². The van der Waals surface area contributed by atoms with Crippen molar-refractivity contribution in [3.63, 3.8) is 0 Å². The molecule has 0 spiro atoms. The number of carbonyl (C=O) groups excluding carboxylic acids is 1. The Morgan fingerprint density at radius 3 is 1.87 bits per heavy atom. The van der Waals surface area contributed by atoms with E-state index in [4.69, 9.17) is 0 Å². The summed E-state index contributed by atoms with van der Waals surface area (Å²) in [6.45, 7) is 1.40. The first-order valence-electron chi connectivity index (χ1n) is 3.98. The van der Waals surface area contributed by atoms with E-state index in [9.17, 15) is 31.1 Å². The Hall–Kier alpha value is -1.01. The Labute approximate surface area is 81.8 Å². The molecule has 7 heteroatoms. The van der Waals surface area contributed by atoms with Crippen LogP contribution in [0.5, 0.6) is 0 Å². The van der Waals surface area contributed by atoms with Crippen LogP contribution >= 0.6 is 0 Å². The van der Waals surface area contributed by atoms with Gasteiger partial charge in [0.05, 0.1) is 0 Å². The minimum Gasteiger partial charge on any atom is -0.294 e. The lowest BCUT2D eigenvalue weighted by atomic mass is 10.1. The molecule has 15 heavy (non-hydrogen) atoms. The third-order valence-electron chi connectivity index (χ3n) is 1.39. The van der Waals surface area contributed by atoms with Gasteiger partial charge in [0.25, 0.3) is 0 Å². The van der Waals surface area contributed by atoms with Crippen LogP contribution in [0.25, 0.3) is 0 Å². The highest BCUT2D eigenvalue weighted by Gasteiger charge is 2.41. The fourth-order valence-electron chi connectivity index (χ4n) is 0.846. The molecule has 0 rings (SSSR count). The van der Waals surface area contributed by atoms with Gasteiger partial charge in [-0.15, -0.1) is 0 Å². The van der Waals surface area contributed by atoms with E-state index >= 15 is 0 Å². The summed E-state index contributed by atoms with van der Waals surface area (Å²) in [6, 6.07) is 0. The molecule has 0 saturated carbocycles. The van der Waals surface area contributed by atoms with E-state index in [0.717, 1.165) is 0 Å². The van der Waals surface area contributed by atoms with Gasteiger partial charge in [0.2, 0.25) is 0 Å². The summed E-state index contributed by atoms with van der Waals surface area (Å²) in [6.07, 6.45) is -11.9. The van der Waals surface area contributed by atoms with E-state index in [1.807, 2.05) is 0 Å². The highest BCUT2D eigenvalue weighted by molar-refractivity contribution is 5.96. The smallest absolute Gasteiger partial charge is 0.294 e. The van der Waals surface area contributed by atoms with Gasteiger partial charge < -0.3 is 0 Å². The van der Waals surface area contributed by atoms with Gasteiger partial charge in [-0.1, -0.05) is 6.92 Å². The molecule has 0 unspecified atom stereocenters. The van der Waals surface area contributed by atoms with Crippen molar-refractivity contribution in [2.75, 3.05) is 0 Å². The van der Waals surface area contributed by atoms with E-state index < -0.39 is 36.2 Å². The van der Waals surface area contributed by atoms with Crippen molar-refractivity contribution in [1.82, 2.24) is 0 Å². The number of rotatable bonds is 3. The molecule has 0 aliphatic carbocycles. The first-order chi connectivity index (χ1) is 6.58. The summed E-state index contributed by atoms with van der Waals surface area (Å²) in [5.41, 5.74) is -2.14. The van der Waals surface area contributed by atoms with Crippen molar-refractivity contribution >= 4 is 5.78 Å². The SMILES string of the molecule is CCCC(=O)C(=CC(F)(F)F)C(F)(F)F. The molecule has 0 aromatic rings. The van der Waals surface area contributed by atoms with Gasteiger partial charge in [0.1, 0.15) is 5.57 Å². The van der Waals surface area contributed by atoms with Gasteiger partial charge in [-0.3, -0.25) is 4.79 Å². The predicted octanol–water partition coefficient (Wildman–Crippen LogP) is 3.41. The van der Waals surface area contributed by atoms with Crippen molar-refractivity contribution < 1.29 is 31.1 Å². The van der Waals surface area contributed by atoms with Crippen molar-refractivity contribution in [2.45, 2.75) is 32.1 Å². The minimum absolute atomic E-state index is 0.0596. The molecule has 0 aromatic heterocycles. The normalized spacial score (nSPS) is 14.2. The zero-order valence-corrected chi connectivity index (χ0v) is 7.67. The van der Waals surface area contributed by atoms with Crippen molar-refractivity contribution in [3.8, 4) is 0 Å². The molecule has 0 heterocycles. The highest BCUT2D eigenvalue weighted by atomic mass is 19.4. The van der Waals surface area contributed by atoms with Crippen LogP contribution in [0.15, 0.2) is 11.6 Å². The molecule has 0 aliphatic rings. The average molecular weight is 234 g/mol. The van der Waals surface area contributed by atoms with Crippen molar-refractivity contribution in [3.05, 3.63) is 11.6 Å². The number of alkyl halides is 6. The topological polar surface area (TPSA) is 17.1 Å². The van der Waals surface area contributed by atoms with Gasteiger partial charge in [0.15, 0.2) is 5.78 Å². The molecule has 0 aliphatic heterocycles. The zero-order valence-electron chi connectivity index (χ0n) is 7.67. The predicted molar refractivity (Wildman–Crippen MR) is 40.1 cm³/mol. The molecule has 0 atom stereocenters. The maximum absolute atomic E-state index is 12.0. The number of ketones is 1. The first-order valence-corrected chi connectivity index (χ1v) is 3.98. The van der Waals surface area contributed by atoms with Crippen LogP contribution in [0, 0.1) is 0 Å². The summed E-state index contributed by atoms with van der Waals surface area (Å²) in [7, 11) is 0. The number of halogens is 6. The van der Waals surface area contributed by atoms with Crippen LogP contribution in [0.4, 0.5) is 26.3 Å². The van der Waals surface area contributed by atoms with Crippen LogP contribution in [0.3, 0.4) is 0 Å². The molecule has 0 bridgehead atoms. The Balaban J connectivity index is 5.09. The molecule has 0 radical (unpaired) electrons. The standard InChI is InChI=1S/C8H8F6O/c1-2-3-6(15)5(8(12,13)14)4-7(9,10)11/h4H,2-3H2,1H3. The van der Waals surface area contributed by atoms with Crippen LogP contribution in [-0.2, 0) is 4.79 Å². The van der Waals surface area contributed by atoms with Crippen LogP contribution in [0.2, 0.25) is 0 Å². The summed E-state index contributed by atoms with van der Waals surface area (Å²) in [4.78, 5) is 10.8. The zero-order chi connectivity index (χ0) is 12.3. The second kappa shape index (κ2) is 4.67. The lowest BCUT2D eigenvalue weighted by Gasteiger charge is -2.11. The molecule has 0 amide bonds. The minimum atomic E-state index is -5.26. The second-order valence-electron chi connectivity index (χ2n) is 2.77. The number of hydrogen-bond donors (Lipinski definition) is 0. The summed E-state index contributed by atoms with van der Waals surface area (Å²) < 4.78 is 71.2. The quantitative estimate of drug-likeness (QED) is 0.540. The largest absolute Gasteiger partial charge is 0.419 e. The number of Topliss-reactive ketones (excluding diaryl/α,β-unsaturated/α-hetero) is 1. The third-order valence-corrected chi connectivity index (χ3v) is 1.39. The maximum atomic E-state index is 12.0. The van der Waals surface area contributed by atoms with Crippen molar-refractivity contribution in [1.29, 1.82) is 0 Å². The third kappa shape index (κ3) is 5.44. The molecule has 0 aromatic carbocycles. The van der Waals surface area contributed by atoms with Gasteiger partial charge in [-0.05, 0) is 6.42 Å². The molecular weight excluding hydrogens is 226 g/mol. The summed E-state index contributed by atoms with van der Waals surface area (Å²) in [5, 5.41) is 0. The Bertz CT molecular complexity index is 259. The molecule has 0 N–H and O–H groups in total. The molecule has 88 valence electrons. The highest BCUT2D eigenvalue weighted by Crippen LogP contribution is 2.31. The van der Waals surface area contributed by atoms with Gasteiger partial charge in [-0.25, -0.2) is 0 Å². The first kappa shape index (κ1) is 14.0. The Morgan fingerprint density at radius 2 is 1.60 bits per heavy atom. The molecular formula is C8H8F6O. The van der Waals surface area contributed by atoms with Gasteiger partial charge >= 0.3 is 12.4 Å².